The number of hydrogen-bond acceptors (Lipinski definition) is 3. The summed E-state index contributed by atoms with van der Waals surface area (Å²) in [4.78, 5) is 15.8. The molecular weight excluding hydrogens is 166 g/mol. The van der Waals surface area contributed by atoms with Gasteiger partial charge in [0.25, 0.3) is 0 Å². The second kappa shape index (κ2) is 2.67. The Morgan fingerprint density at radius 2 is 2.38 bits per heavy atom. The Labute approximate surface area is 76.8 Å². The van der Waals surface area contributed by atoms with Gasteiger partial charge in [-0.2, -0.15) is 0 Å². The van der Waals surface area contributed by atoms with Crippen molar-refractivity contribution in [1.82, 2.24) is 9.55 Å². The van der Waals surface area contributed by atoms with Gasteiger partial charge in [-0.15, -0.1) is 0 Å². The van der Waals surface area contributed by atoms with E-state index in [0.29, 0.717) is 5.82 Å². The number of aromatic nitrogens is 2. The van der Waals surface area contributed by atoms with E-state index in [4.69, 9.17) is 5.73 Å². The molecule has 1 aliphatic rings. The molecule has 0 amide bonds. The Morgan fingerprint density at radius 1 is 1.69 bits per heavy atom. The molecule has 1 heterocycles. The summed E-state index contributed by atoms with van der Waals surface area (Å²) >= 11 is 0. The molecule has 2 rings (SSSR count). The van der Waals surface area contributed by atoms with Crippen LogP contribution in [0.15, 0.2) is 12.4 Å². The van der Waals surface area contributed by atoms with Crippen molar-refractivity contribution < 1.29 is 4.79 Å². The van der Waals surface area contributed by atoms with Crippen LogP contribution in [-0.4, -0.2) is 20.9 Å². The van der Waals surface area contributed by atoms with Crippen LogP contribution >= 0.6 is 0 Å². The van der Waals surface area contributed by atoms with Crippen molar-refractivity contribution in [3.05, 3.63) is 18.2 Å². The van der Waals surface area contributed by atoms with Gasteiger partial charge in [0, 0.05) is 19.4 Å². The number of carbonyl (C=O) groups excluding carboxylic acids is 1. The summed E-state index contributed by atoms with van der Waals surface area (Å²) in [6.45, 7) is 0. The Bertz CT molecular complexity index is 338. The number of nitrogens with two attached hydrogens (primary N) is 1. The third kappa shape index (κ3) is 1.18. The molecule has 0 aromatic carbocycles. The summed E-state index contributed by atoms with van der Waals surface area (Å²) in [5.74, 6) is 0.452. The van der Waals surface area contributed by atoms with Crippen molar-refractivity contribution in [2.45, 2.75) is 24.8 Å². The van der Waals surface area contributed by atoms with E-state index >= 15 is 0 Å². The van der Waals surface area contributed by atoms with Crippen molar-refractivity contribution in [1.29, 1.82) is 0 Å². The van der Waals surface area contributed by atoms with Crippen LogP contribution in [0.25, 0.3) is 0 Å². The Morgan fingerprint density at radius 3 is 2.77 bits per heavy atom. The highest BCUT2D eigenvalue weighted by Crippen LogP contribution is 2.31. The van der Waals surface area contributed by atoms with Gasteiger partial charge < -0.3 is 10.3 Å². The molecule has 1 fully saturated rings. The molecular formula is C9H13N3O. The summed E-state index contributed by atoms with van der Waals surface area (Å²) in [5, 5.41) is 0. The molecule has 4 nitrogen and oxygen atoms in total. The first-order valence-electron chi connectivity index (χ1n) is 4.44. The molecule has 1 saturated carbocycles. The van der Waals surface area contributed by atoms with E-state index in [1.165, 1.54) is 0 Å². The molecule has 0 aliphatic heterocycles. The lowest BCUT2D eigenvalue weighted by molar-refractivity contribution is 0.0786. The maximum absolute atomic E-state index is 11.8. The van der Waals surface area contributed by atoms with Crippen molar-refractivity contribution in [2.75, 3.05) is 0 Å². The van der Waals surface area contributed by atoms with Crippen LogP contribution in [0.1, 0.15) is 29.9 Å². The number of carbonyl (C=O) groups is 1. The number of aryl methyl sites for hydroxylation is 1. The second-order valence-electron chi connectivity index (χ2n) is 3.70. The second-order valence-corrected chi connectivity index (χ2v) is 3.70. The van der Waals surface area contributed by atoms with Gasteiger partial charge in [0.2, 0.25) is 5.78 Å². The maximum Gasteiger partial charge on any atom is 0.217 e. The van der Waals surface area contributed by atoms with Crippen LogP contribution < -0.4 is 5.73 Å². The van der Waals surface area contributed by atoms with Gasteiger partial charge in [-0.1, -0.05) is 0 Å². The van der Waals surface area contributed by atoms with Crippen LogP contribution in [0.4, 0.5) is 0 Å². The van der Waals surface area contributed by atoms with E-state index in [1.807, 2.05) is 7.05 Å². The van der Waals surface area contributed by atoms with Crippen LogP contribution in [0.5, 0.6) is 0 Å². The first-order valence-corrected chi connectivity index (χ1v) is 4.44. The fourth-order valence-corrected chi connectivity index (χ4v) is 1.59. The fourth-order valence-electron chi connectivity index (χ4n) is 1.59. The zero-order chi connectivity index (χ0) is 9.47. The summed E-state index contributed by atoms with van der Waals surface area (Å²) in [6.07, 6.45) is 6.01. The molecule has 2 N–H and O–H groups in total. The smallest absolute Gasteiger partial charge is 0.217 e. The summed E-state index contributed by atoms with van der Waals surface area (Å²) in [6, 6.07) is 0. The number of hydrogen-bond donors (Lipinski definition) is 1. The summed E-state index contributed by atoms with van der Waals surface area (Å²) < 4.78 is 1.72. The minimum atomic E-state index is -0.626. The number of imidazole rings is 1. The van der Waals surface area contributed by atoms with Crippen LogP contribution in [-0.2, 0) is 7.05 Å². The van der Waals surface area contributed by atoms with Crippen molar-refractivity contribution in [3.63, 3.8) is 0 Å². The van der Waals surface area contributed by atoms with Gasteiger partial charge in [0.05, 0.1) is 5.54 Å². The molecule has 70 valence electrons. The number of rotatable bonds is 2. The summed E-state index contributed by atoms with van der Waals surface area (Å²) in [5.41, 5.74) is 5.28. The van der Waals surface area contributed by atoms with Crippen LogP contribution in [0, 0.1) is 0 Å². The SMILES string of the molecule is Cn1ccnc1C(=O)C1(N)CCC1. The number of ketones is 1. The predicted molar refractivity (Wildman–Crippen MR) is 48.3 cm³/mol. The number of nitrogens with zero attached hydrogens (tertiary/aromatic N) is 2. The first kappa shape index (κ1) is 8.44. The molecule has 0 radical (unpaired) electrons. The monoisotopic (exact) mass is 179 g/mol. The minimum Gasteiger partial charge on any atom is -0.332 e. The van der Waals surface area contributed by atoms with Crippen LogP contribution in [0.2, 0.25) is 0 Å². The van der Waals surface area contributed by atoms with Gasteiger partial charge in [0.15, 0.2) is 5.82 Å². The summed E-state index contributed by atoms with van der Waals surface area (Å²) in [7, 11) is 1.81. The van der Waals surface area contributed by atoms with Gasteiger partial charge in [-0.25, -0.2) is 4.98 Å². The van der Waals surface area contributed by atoms with Crippen LogP contribution in [0.3, 0.4) is 0 Å². The molecule has 0 unspecified atom stereocenters. The first-order chi connectivity index (χ1) is 6.13. The third-order valence-corrected chi connectivity index (χ3v) is 2.72. The van der Waals surface area contributed by atoms with Gasteiger partial charge in [-0.05, 0) is 19.3 Å². The standard InChI is InChI=1S/C9H13N3O/c1-12-6-5-11-8(12)7(13)9(10)3-2-4-9/h5-6H,2-4,10H2,1H3. The molecule has 4 heteroatoms. The van der Waals surface area contributed by atoms with E-state index in [0.717, 1.165) is 19.3 Å². The maximum atomic E-state index is 11.8. The van der Waals surface area contributed by atoms with Gasteiger partial charge in [-0.3, -0.25) is 4.79 Å². The molecule has 1 aromatic rings. The van der Waals surface area contributed by atoms with Crippen molar-refractivity contribution in [2.24, 2.45) is 12.8 Å². The predicted octanol–water partition coefficient (Wildman–Crippen LogP) is 0.484. The highest BCUT2D eigenvalue weighted by atomic mass is 16.1. The molecule has 0 saturated heterocycles. The lowest BCUT2D eigenvalue weighted by Gasteiger charge is -2.35. The fraction of sp³-hybridized carbons (Fsp3) is 0.556. The molecule has 0 spiro atoms. The average molecular weight is 179 g/mol. The molecule has 0 atom stereocenters. The van der Waals surface area contributed by atoms with E-state index < -0.39 is 5.54 Å². The zero-order valence-electron chi connectivity index (χ0n) is 7.66. The Hall–Kier alpha value is -1.16. The normalized spacial score (nSPS) is 19.5. The lowest BCUT2D eigenvalue weighted by Crippen LogP contribution is -2.54. The van der Waals surface area contributed by atoms with Gasteiger partial charge in [0.1, 0.15) is 0 Å². The largest absolute Gasteiger partial charge is 0.332 e. The van der Waals surface area contributed by atoms with E-state index in [2.05, 4.69) is 4.98 Å². The van der Waals surface area contributed by atoms with E-state index in [-0.39, 0.29) is 5.78 Å². The van der Waals surface area contributed by atoms with Crippen molar-refractivity contribution >= 4 is 5.78 Å². The molecule has 1 aliphatic carbocycles. The highest BCUT2D eigenvalue weighted by Gasteiger charge is 2.41. The minimum absolute atomic E-state index is 0.0220. The topological polar surface area (TPSA) is 60.9 Å². The quantitative estimate of drug-likeness (QED) is 0.672. The average Bonchev–Trinajstić information content (AvgIpc) is 2.46. The highest BCUT2D eigenvalue weighted by molar-refractivity contribution is 6.01. The molecule has 13 heavy (non-hydrogen) atoms. The molecule has 0 bridgehead atoms. The lowest BCUT2D eigenvalue weighted by atomic mass is 9.74. The van der Waals surface area contributed by atoms with Crippen molar-refractivity contribution in [3.8, 4) is 0 Å². The zero-order valence-corrected chi connectivity index (χ0v) is 7.66. The van der Waals surface area contributed by atoms with Gasteiger partial charge >= 0.3 is 0 Å². The molecule has 1 aromatic heterocycles. The van der Waals surface area contributed by atoms with E-state index in [9.17, 15) is 4.79 Å². The van der Waals surface area contributed by atoms with E-state index in [1.54, 1.807) is 17.0 Å². The Balaban J connectivity index is 2.27. The number of Topliss-reactive ketones (excluding diaryl/α,β-unsaturated/α-hetero) is 1. The Kier molecular flexibility index (Phi) is 1.73. The third-order valence-electron chi connectivity index (χ3n) is 2.72.